The molecule has 19 heavy (non-hydrogen) atoms. The van der Waals surface area contributed by atoms with Crippen LogP contribution >= 0.6 is 0 Å². The van der Waals surface area contributed by atoms with Crippen LogP contribution in [0.15, 0.2) is 42.7 Å². The van der Waals surface area contributed by atoms with E-state index in [2.05, 4.69) is 5.32 Å². The molecular formula is C14H14N2O3. The van der Waals surface area contributed by atoms with Gasteiger partial charge in [-0.25, -0.2) is 0 Å². The third-order valence-corrected chi connectivity index (χ3v) is 2.96. The van der Waals surface area contributed by atoms with Gasteiger partial charge in [0, 0.05) is 31.0 Å². The molecule has 0 saturated carbocycles. The number of fused-ring (bicyclic) bond motifs is 1. The number of benzene rings is 1. The molecule has 1 N–H and O–H groups in total. The number of hydrogen-bond donors (Lipinski definition) is 1. The number of nitrogens with one attached hydrogen (secondary N) is 1. The van der Waals surface area contributed by atoms with E-state index in [0.717, 1.165) is 6.54 Å². The number of carbonyl (C=O) groups is 1. The van der Waals surface area contributed by atoms with Gasteiger partial charge in [-0.15, -0.1) is 0 Å². The molecule has 1 aliphatic heterocycles. The molecule has 98 valence electrons. The van der Waals surface area contributed by atoms with Crippen LogP contribution in [0.25, 0.3) is 0 Å². The summed E-state index contributed by atoms with van der Waals surface area (Å²) in [6.07, 6.45) is 3.93. The van der Waals surface area contributed by atoms with Crippen molar-refractivity contribution in [3.8, 4) is 11.5 Å². The van der Waals surface area contributed by atoms with E-state index in [9.17, 15) is 4.79 Å². The summed E-state index contributed by atoms with van der Waals surface area (Å²) in [5.74, 6) is 1.20. The Hall–Kier alpha value is -2.43. The van der Waals surface area contributed by atoms with Crippen molar-refractivity contribution >= 4 is 5.91 Å². The lowest BCUT2D eigenvalue weighted by molar-refractivity contribution is 0.0952. The normalized spacial score (nSPS) is 12.4. The number of amides is 1. The molecule has 0 unspecified atom stereocenters. The molecule has 0 radical (unpaired) electrons. The van der Waals surface area contributed by atoms with Gasteiger partial charge in [0.2, 0.25) is 6.79 Å². The van der Waals surface area contributed by atoms with Gasteiger partial charge in [-0.05, 0) is 30.3 Å². The summed E-state index contributed by atoms with van der Waals surface area (Å²) in [5, 5.41) is 2.87. The van der Waals surface area contributed by atoms with Crippen molar-refractivity contribution < 1.29 is 14.3 Å². The van der Waals surface area contributed by atoms with Crippen molar-refractivity contribution in [3.05, 3.63) is 48.3 Å². The standard InChI is InChI=1S/C14H14N2O3/c17-14(15-5-8-16-6-1-2-7-16)11-3-4-12-13(9-11)19-10-18-12/h1-4,6-7,9H,5,8,10H2,(H,15,17). The van der Waals surface area contributed by atoms with Crippen LogP contribution in [0.5, 0.6) is 11.5 Å². The highest BCUT2D eigenvalue weighted by molar-refractivity contribution is 5.94. The minimum Gasteiger partial charge on any atom is -0.454 e. The average molecular weight is 258 g/mol. The highest BCUT2D eigenvalue weighted by Gasteiger charge is 2.15. The zero-order chi connectivity index (χ0) is 13.1. The smallest absolute Gasteiger partial charge is 0.251 e. The molecule has 0 fully saturated rings. The summed E-state index contributed by atoms with van der Waals surface area (Å²) in [7, 11) is 0. The number of rotatable bonds is 4. The van der Waals surface area contributed by atoms with Gasteiger partial charge in [-0.2, -0.15) is 0 Å². The summed E-state index contributed by atoms with van der Waals surface area (Å²) >= 11 is 0. The van der Waals surface area contributed by atoms with Crippen LogP contribution in [0.3, 0.4) is 0 Å². The van der Waals surface area contributed by atoms with Gasteiger partial charge >= 0.3 is 0 Å². The molecule has 5 nitrogen and oxygen atoms in total. The molecule has 0 saturated heterocycles. The maximum Gasteiger partial charge on any atom is 0.251 e. The fourth-order valence-corrected chi connectivity index (χ4v) is 1.96. The van der Waals surface area contributed by atoms with Crippen LogP contribution in [0.1, 0.15) is 10.4 Å². The Bertz CT molecular complexity index is 578. The number of carbonyl (C=O) groups excluding carboxylic acids is 1. The Morgan fingerprint density at radius 2 is 2.00 bits per heavy atom. The predicted octanol–water partition coefficient (Wildman–Crippen LogP) is 1.65. The van der Waals surface area contributed by atoms with Gasteiger partial charge in [0.05, 0.1) is 0 Å². The lowest BCUT2D eigenvalue weighted by atomic mass is 10.2. The zero-order valence-corrected chi connectivity index (χ0v) is 10.3. The molecule has 2 aromatic rings. The number of ether oxygens (including phenoxy) is 2. The fourth-order valence-electron chi connectivity index (χ4n) is 1.96. The fraction of sp³-hybridized carbons (Fsp3) is 0.214. The summed E-state index contributed by atoms with van der Waals surface area (Å²) in [4.78, 5) is 12.0. The highest BCUT2D eigenvalue weighted by Crippen LogP contribution is 2.32. The van der Waals surface area contributed by atoms with Gasteiger partial charge in [0.15, 0.2) is 11.5 Å². The predicted molar refractivity (Wildman–Crippen MR) is 69.3 cm³/mol. The second-order valence-electron chi connectivity index (χ2n) is 4.24. The van der Waals surface area contributed by atoms with Crippen LogP contribution in [0.2, 0.25) is 0 Å². The van der Waals surface area contributed by atoms with Crippen LogP contribution in [0, 0.1) is 0 Å². The molecule has 5 heteroatoms. The van der Waals surface area contributed by atoms with E-state index < -0.39 is 0 Å². The van der Waals surface area contributed by atoms with Crippen molar-refractivity contribution in [2.45, 2.75) is 6.54 Å². The largest absolute Gasteiger partial charge is 0.454 e. The Labute approximate surface area is 110 Å². The van der Waals surface area contributed by atoms with Crippen molar-refractivity contribution in [1.82, 2.24) is 9.88 Å². The maximum absolute atomic E-state index is 12.0. The lowest BCUT2D eigenvalue weighted by Crippen LogP contribution is -2.26. The number of aromatic nitrogens is 1. The molecule has 3 rings (SSSR count). The van der Waals surface area contributed by atoms with Gasteiger partial charge in [-0.3, -0.25) is 4.79 Å². The van der Waals surface area contributed by atoms with Crippen LogP contribution in [-0.2, 0) is 6.54 Å². The van der Waals surface area contributed by atoms with Gasteiger partial charge in [0.1, 0.15) is 0 Å². The van der Waals surface area contributed by atoms with Gasteiger partial charge in [-0.1, -0.05) is 0 Å². The van der Waals surface area contributed by atoms with E-state index in [0.29, 0.717) is 23.6 Å². The van der Waals surface area contributed by atoms with E-state index in [1.807, 2.05) is 29.1 Å². The maximum atomic E-state index is 12.0. The summed E-state index contributed by atoms with van der Waals surface area (Å²) in [6, 6.07) is 9.11. The first-order chi connectivity index (χ1) is 9.33. The van der Waals surface area contributed by atoms with Crippen molar-refractivity contribution in [2.24, 2.45) is 0 Å². The first-order valence-electron chi connectivity index (χ1n) is 6.11. The second-order valence-corrected chi connectivity index (χ2v) is 4.24. The first-order valence-corrected chi connectivity index (χ1v) is 6.11. The third kappa shape index (κ3) is 2.54. The van der Waals surface area contributed by atoms with Crippen molar-refractivity contribution in [3.63, 3.8) is 0 Å². The second kappa shape index (κ2) is 5.06. The van der Waals surface area contributed by atoms with Crippen molar-refractivity contribution in [1.29, 1.82) is 0 Å². The quantitative estimate of drug-likeness (QED) is 0.907. The Balaban J connectivity index is 1.58. The van der Waals surface area contributed by atoms with E-state index in [1.54, 1.807) is 18.2 Å². The Morgan fingerprint density at radius 3 is 2.84 bits per heavy atom. The molecule has 1 aromatic heterocycles. The molecular weight excluding hydrogens is 244 g/mol. The minimum absolute atomic E-state index is 0.106. The molecule has 0 spiro atoms. The Kier molecular flexibility index (Phi) is 3.10. The average Bonchev–Trinajstić information content (AvgIpc) is 3.08. The topological polar surface area (TPSA) is 52.5 Å². The van der Waals surface area contributed by atoms with Crippen LogP contribution < -0.4 is 14.8 Å². The van der Waals surface area contributed by atoms with Gasteiger partial charge < -0.3 is 19.4 Å². The number of nitrogens with zero attached hydrogens (tertiary/aromatic N) is 1. The summed E-state index contributed by atoms with van der Waals surface area (Å²) in [5.41, 5.74) is 0.580. The molecule has 0 aliphatic carbocycles. The van der Waals surface area contributed by atoms with E-state index in [-0.39, 0.29) is 12.7 Å². The van der Waals surface area contributed by atoms with Crippen molar-refractivity contribution in [2.75, 3.05) is 13.3 Å². The molecule has 2 heterocycles. The third-order valence-electron chi connectivity index (χ3n) is 2.96. The zero-order valence-electron chi connectivity index (χ0n) is 10.3. The van der Waals surface area contributed by atoms with E-state index in [4.69, 9.17) is 9.47 Å². The molecule has 1 aromatic carbocycles. The highest BCUT2D eigenvalue weighted by atomic mass is 16.7. The summed E-state index contributed by atoms with van der Waals surface area (Å²) < 4.78 is 12.5. The molecule has 1 amide bonds. The minimum atomic E-state index is -0.106. The van der Waals surface area contributed by atoms with E-state index in [1.165, 1.54) is 0 Å². The summed E-state index contributed by atoms with van der Waals surface area (Å²) in [6.45, 7) is 1.55. The monoisotopic (exact) mass is 258 g/mol. The van der Waals surface area contributed by atoms with Gasteiger partial charge in [0.25, 0.3) is 5.91 Å². The Morgan fingerprint density at radius 1 is 1.21 bits per heavy atom. The van der Waals surface area contributed by atoms with Crippen LogP contribution in [-0.4, -0.2) is 23.8 Å². The first kappa shape index (κ1) is 11.6. The molecule has 1 aliphatic rings. The van der Waals surface area contributed by atoms with E-state index >= 15 is 0 Å². The molecule has 0 bridgehead atoms. The van der Waals surface area contributed by atoms with Crippen LogP contribution in [0.4, 0.5) is 0 Å². The SMILES string of the molecule is O=C(NCCn1cccc1)c1ccc2c(c1)OCO2. The lowest BCUT2D eigenvalue weighted by Gasteiger charge is -2.06. The number of hydrogen-bond acceptors (Lipinski definition) is 3. The molecule has 0 atom stereocenters.